The quantitative estimate of drug-likeness (QED) is 0.904. The Hall–Kier alpha value is -2.14. The van der Waals surface area contributed by atoms with Crippen LogP contribution in [0.4, 0.5) is 5.82 Å². The summed E-state index contributed by atoms with van der Waals surface area (Å²) in [5.74, 6) is 1.25. The zero-order chi connectivity index (χ0) is 14.7. The first-order chi connectivity index (χ1) is 10.3. The van der Waals surface area contributed by atoms with Crippen molar-refractivity contribution in [3.8, 4) is 0 Å². The molecule has 2 heterocycles. The summed E-state index contributed by atoms with van der Waals surface area (Å²) in [6, 6.07) is 9.82. The number of anilines is 1. The second-order valence-corrected chi connectivity index (χ2v) is 5.05. The Balaban J connectivity index is 2.04. The van der Waals surface area contributed by atoms with Gasteiger partial charge >= 0.3 is 0 Å². The van der Waals surface area contributed by atoms with Crippen LogP contribution in [-0.2, 0) is 11.2 Å². The second kappa shape index (κ2) is 6.10. The molecule has 0 radical (unpaired) electrons. The van der Waals surface area contributed by atoms with Gasteiger partial charge in [0.2, 0.25) is 0 Å². The lowest BCUT2D eigenvalue weighted by atomic mass is 10.1. The number of H-pyrrole nitrogens is 1. The van der Waals surface area contributed by atoms with E-state index in [1.807, 2.05) is 37.3 Å². The van der Waals surface area contributed by atoms with E-state index in [-0.39, 0.29) is 11.7 Å². The molecule has 1 aromatic carbocycles. The highest BCUT2D eigenvalue weighted by atomic mass is 16.5. The van der Waals surface area contributed by atoms with Gasteiger partial charge in [0, 0.05) is 13.2 Å². The lowest BCUT2D eigenvalue weighted by Gasteiger charge is -2.21. The smallest absolute Gasteiger partial charge is 0.256 e. The van der Waals surface area contributed by atoms with Gasteiger partial charge in [-0.1, -0.05) is 30.3 Å². The number of benzene rings is 1. The maximum absolute atomic E-state index is 12.2. The van der Waals surface area contributed by atoms with Gasteiger partial charge < -0.3 is 15.0 Å². The van der Waals surface area contributed by atoms with Gasteiger partial charge in [0.25, 0.3) is 5.56 Å². The summed E-state index contributed by atoms with van der Waals surface area (Å²) in [5.41, 5.74) is 1.66. The van der Waals surface area contributed by atoms with Crippen molar-refractivity contribution in [3.63, 3.8) is 0 Å². The molecule has 1 atom stereocenters. The molecule has 110 valence electrons. The standard InChI is InChI=1S/C16H19N3O2/c1-2-21-13(11-7-4-3-5-8-11)15-18-14-12(16(20)19-15)9-6-10-17-14/h3-5,7-8,13H,2,6,9-10H2,1H3,(H2,17,18,19,20). The molecule has 0 aliphatic carbocycles. The van der Waals surface area contributed by atoms with E-state index in [4.69, 9.17) is 4.74 Å². The zero-order valence-corrected chi connectivity index (χ0v) is 12.1. The zero-order valence-electron chi connectivity index (χ0n) is 12.1. The van der Waals surface area contributed by atoms with Gasteiger partial charge in [0.15, 0.2) is 0 Å². The lowest BCUT2D eigenvalue weighted by Crippen LogP contribution is -2.26. The van der Waals surface area contributed by atoms with Crippen molar-refractivity contribution in [1.29, 1.82) is 0 Å². The molecule has 0 saturated carbocycles. The van der Waals surface area contributed by atoms with E-state index in [9.17, 15) is 4.79 Å². The van der Waals surface area contributed by atoms with Crippen LogP contribution in [0.1, 0.15) is 36.4 Å². The molecule has 5 heteroatoms. The highest BCUT2D eigenvalue weighted by Crippen LogP contribution is 2.25. The number of aromatic amines is 1. The molecule has 1 aromatic heterocycles. The molecule has 0 saturated heterocycles. The predicted octanol–water partition coefficient (Wildman–Crippen LogP) is 2.25. The van der Waals surface area contributed by atoms with Crippen LogP contribution in [0, 0.1) is 0 Å². The van der Waals surface area contributed by atoms with Gasteiger partial charge in [-0.25, -0.2) is 4.98 Å². The van der Waals surface area contributed by atoms with E-state index >= 15 is 0 Å². The van der Waals surface area contributed by atoms with E-state index in [1.54, 1.807) is 0 Å². The highest BCUT2D eigenvalue weighted by Gasteiger charge is 2.21. The monoisotopic (exact) mass is 285 g/mol. The Labute approximate surface area is 123 Å². The minimum Gasteiger partial charge on any atom is -0.370 e. The molecule has 5 nitrogen and oxygen atoms in total. The van der Waals surface area contributed by atoms with Gasteiger partial charge in [-0.05, 0) is 25.3 Å². The number of rotatable bonds is 4. The number of nitrogens with zero attached hydrogens (tertiary/aromatic N) is 1. The summed E-state index contributed by atoms with van der Waals surface area (Å²) in [6.45, 7) is 3.34. The minimum absolute atomic E-state index is 0.0668. The van der Waals surface area contributed by atoms with Crippen molar-refractivity contribution in [2.75, 3.05) is 18.5 Å². The van der Waals surface area contributed by atoms with E-state index in [1.165, 1.54) is 0 Å². The lowest BCUT2D eigenvalue weighted by molar-refractivity contribution is 0.0850. The maximum Gasteiger partial charge on any atom is 0.256 e. The van der Waals surface area contributed by atoms with Crippen LogP contribution in [-0.4, -0.2) is 23.1 Å². The fourth-order valence-corrected chi connectivity index (χ4v) is 2.62. The molecule has 2 aromatic rings. The Morgan fingerprint density at radius 2 is 2.14 bits per heavy atom. The van der Waals surface area contributed by atoms with Crippen LogP contribution in [0.3, 0.4) is 0 Å². The number of hydrogen-bond acceptors (Lipinski definition) is 4. The van der Waals surface area contributed by atoms with Crippen molar-refractivity contribution in [2.45, 2.75) is 25.9 Å². The fraction of sp³-hybridized carbons (Fsp3) is 0.375. The molecular weight excluding hydrogens is 266 g/mol. The average Bonchev–Trinajstić information content (AvgIpc) is 2.53. The molecule has 3 rings (SSSR count). The summed E-state index contributed by atoms with van der Waals surface area (Å²) in [5, 5.41) is 3.21. The first-order valence-electron chi connectivity index (χ1n) is 7.33. The van der Waals surface area contributed by atoms with Crippen LogP contribution >= 0.6 is 0 Å². The molecule has 1 aliphatic rings. The summed E-state index contributed by atoms with van der Waals surface area (Å²) >= 11 is 0. The molecule has 0 amide bonds. The van der Waals surface area contributed by atoms with Crippen molar-refractivity contribution in [3.05, 3.63) is 57.6 Å². The van der Waals surface area contributed by atoms with Crippen molar-refractivity contribution >= 4 is 5.82 Å². The predicted molar refractivity (Wildman–Crippen MR) is 81.6 cm³/mol. The van der Waals surface area contributed by atoms with E-state index < -0.39 is 0 Å². The van der Waals surface area contributed by atoms with Crippen molar-refractivity contribution in [1.82, 2.24) is 9.97 Å². The number of hydrogen-bond donors (Lipinski definition) is 2. The Kier molecular flexibility index (Phi) is 4.01. The molecular formula is C16H19N3O2. The van der Waals surface area contributed by atoms with E-state index in [2.05, 4.69) is 15.3 Å². The number of nitrogens with one attached hydrogen (secondary N) is 2. The third-order valence-corrected chi connectivity index (χ3v) is 3.61. The van der Waals surface area contributed by atoms with Crippen LogP contribution in [0.5, 0.6) is 0 Å². The Morgan fingerprint density at radius 3 is 2.90 bits per heavy atom. The molecule has 0 fully saturated rings. The SMILES string of the molecule is CCOC(c1ccccc1)c1nc2c(c(=O)[nH]1)CCCN2. The summed E-state index contributed by atoms with van der Waals surface area (Å²) < 4.78 is 5.80. The van der Waals surface area contributed by atoms with Gasteiger partial charge in [-0.3, -0.25) is 4.79 Å². The largest absolute Gasteiger partial charge is 0.370 e. The number of fused-ring (bicyclic) bond motifs is 1. The van der Waals surface area contributed by atoms with Gasteiger partial charge in [0.1, 0.15) is 17.7 Å². The topological polar surface area (TPSA) is 67.0 Å². The highest BCUT2D eigenvalue weighted by molar-refractivity contribution is 5.45. The van der Waals surface area contributed by atoms with E-state index in [0.717, 1.165) is 30.5 Å². The number of ether oxygens (including phenoxy) is 1. The van der Waals surface area contributed by atoms with Crippen molar-refractivity contribution in [2.24, 2.45) is 0 Å². The van der Waals surface area contributed by atoms with Crippen LogP contribution in [0.15, 0.2) is 35.1 Å². The van der Waals surface area contributed by atoms with Crippen LogP contribution in [0.2, 0.25) is 0 Å². The fourth-order valence-electron chi connectivity index (χ4n) is 2.62. The molecule has 2 N–H and O–H groups in total. The van der Waals surface area contributed by atoms with Crippen LogP contribution < -0.4 is 10.9 Å². The normalized spacial score (nSPS) is 15.1. The first-order valence-corrected chi connectivity index (χ1v) is 7.33. The van der Waals surface area contributed by atoms with E-state index in [0.29, 0.717) is 18.2 Å². The summed E-state index contributed by atoms with van der Waals surface area (Å²) in [4.78, 5) is 19.7. The second-order valence-electron chi connectivity index (χ2n) is 5.05. The summed E-state index contributed by atoms with van der Waals surface area (Å²) in [7, 11) is 0. The van der Waals surface area contributed by atoms with Gasteiger partial charge in [-0.2, -0.15) is 0 Å². The third-order valence-electron chi connectivity index (χ3n) is 3.61. The third kappa shape index (κ3) is 2.83. The molecule has 1 unspecified atom stereocenters. The maximum atomic E-state index is 12.2. The van der Waals surface area contributed by atoms with Gasteiger partial charge in [0.05, 0.1) is 5.56 Å². The minimum atomic E-state index is -0.349. The van der Waals surface area contributed by atoms with Crippen molar-refractivity contribution < 1.29 is 4.74 Å². The Morgan fingerprint density at radius 1 is 1.33 bits per heavy atom. The average molecular weight is 285 g/mol. The first kappa shape index (κ1) is 13.8. The number of aromatic nitrogens is 2. The molecule has 21 heavy (non-hydrogen) atoms. The molecule has 0 bridgehead atoms. The molecule has 1 aliphatic heterocycles. The van der Waals surface area contributed by atoms with Crippen LogP contribution in [0.25, 0.3) is 0 Å². The Bertz CT molecular complexity index is 667. The molecule has 0 spiro atoms. The van der Waals surface area contributed by atoms with Gasteiger partial charge in [-0.15, -0.1) is 0 Å². The summed E-state index contributed by atoms with van der Waals surface area (Å²) in [6.07, 6.45) is 1.39.